The van der Waals surface area contributed by atoms with Gasteiger partial charge in [0.2, 0.25) is 11.3 Å². The van der Waals surface area contributed by atoms with Crippen molar-refractivity contribution < 1.29 is 32.3 Å². The van der Waals surface area contributed by atoms with Crippen LogP contribution in [0.5, 0.6) is 0 Å². The van der Waals surface area contributed by atoms with Gasteiger partial charge in [0.25, 0.3) is 0 Å². The molecule has 0 aliphatic heterocycles. The molecular weight excluding hydrogens is 410 g/mol. The van der Waals surface area contributed by atoms with E-state index in [1.54, 1.807) is 20.8 Å². The van der Waals surface area contributed by atoms with Gasteiger partial charge in [-0.2, -0.15) is 0 Å². The molecule has 1 aromatic rings. The van der Waals surface area contributed by atoms with Crippen molar-refractivity contribution in [1.82, 2.24) is 4.98 Å². The second-order valence-electron chi connectivity index (χ2n) is 7.42. The van der Waals surface area contributed by atoms with Crippen LogP contribution >= 0.6 is 11.3 Å². The van der Waals surface area contributed by atoms with Crippen LogP contribution in [0.25, 0.3) is 0 Å². The minimum absolute atomic E-state index is 0.0215. The van der Waals surface area contributed by atoms with Gasteiger partial charge in [0.1, 0.15) is 11.3 Å². The van der Waals surface area contributed by atoms with Crippen molar-refractivity contribution in [3.05, 3.63) is 11.1 Å². The Balaban J connectivity index is 3.15. The maximum absolute atomic E-state index is 12.4. The van der Waals surface area contributed by atoms with E-state index in [-0.39, 0.29) is 10.8 Å². The summed E-state index contributed by atoms with van der Waals surface area (Å²) in [4.78, 5) is 33.9. The van der Waals surface area contributed by atoms with Crippen LogP contribution in [-0.2, 0) is 33.7 Å². The van der Waals surface area contributed by atoms with Gasteiger partial charge in [-0.25, -0.2) is 23.0 Å². The number of nitrogens with two attached hydrogens (primary N) is 1. The zero-order valence-corrected chi connectivity index (χ0v) is 18.4. The van der Waals surface area contributed by atoms with E-state index in [1.807, 2.05) is 0 Å². The zero-order chi connectivity index (χ0) is 21.9. The lowest BCUT2D eigenvalue weighted by molar-refractivity contribution is -0.179. The number of carbonyl (C=O) groups excluding carboxylic acids is 2. The SMILES string of the molecule is CC(OC(=O)C(=NOC(C)(C)C(=O)OC(C)(C)C)c1csc(N)n1)S(C)(=O)=O. The van der Waals surface area contributed by atoms with E-state index in [9.17, 15) is 18.0 Å². The minimum atomic E-state index is -3.64. The molecular formula is C16H25N3O7S2. The predicted molar refractivity (Wildman–Crippen MR) is 104 cm³/mol. The molecule has 0 aliphatic rings. The molecule has 28 heavy (non-hydrogen) atoms. The van der Waals surface area contributed by atoms with Gasteiger partial charge in [-0.1, -0.05) is 5.16 Å². The fourth-order valence-electron chi connectivity index (χ4n) is 1.48. The molecule has 0 fully saturated rings. The summed E-state index contributed by atoms with van der Waals surface area (Å²) in [5.74, 6) is -1.80. The van der Waals surface area contributed by atoms with E-state index < -0.39 is 44.1 Å². The summed E-state index contributed by atoms with van der Waals surface area (Å²) in [5.41, 5.74) is 1.46. The van der Waals surface area contributed by atoms with E-state index in [4.69, 9.17) is 20.0 Å². The topological polar surface area (TPSA) is 147 Å². The molecule has 0 aliphatic carbocycles. The summed E-state index contributed by atoms with van der Waals surface area (Å²) < 4.78 is 33.2. The van der Waals surface area contributed by atoms with Gasteiger partial charge in [0.05, 0.1) is 0 Å². The number of carbonyl (C=O) groups is 2. The Bertz CT molecular complexity index is 867. The summed E-state index contributed by atoms with van der Waals surface area (Å²) in [6, 6.07) is 0. The Kier molecular flexibility index (Phi) is 7.18. The van der Waals surface area contributed by atoms with Crippen LogP contribution in [0, 0.1) is 0 Å². The molecule has 0 radical (unpaired) electrons. The Labute approximate surface area is 168 Å². The second-order valence-corrected chi connectivity index (χ2v) is 10.6. The molecule has 0 saturated heterocycles. The first-order valence-corrected chi connectivity index (χ1v) is 11.0. The summed E-state index contributed by atoms with van der Waals surface area (Å²) in [6.07, 6.45) is 0.921. The number of sulfone groups is 1. The summed E-state index contributed by atoms with van der Waals surface area (Å²) in [7, 11) is -3.64. The number of esters is 2. The first-order chi connectivity index (χ1) is 12.5. The number of hydrogen-bond donors (Lipinski definition) is 1. The lowest BCUT2D eigenvalue weighted by atomic mass is 10.1. The normalized spacial score (nSPS) is 14.3. The molecule has 0 saturated carbocycles. The smallest absolute Gasteiger partial charge is 0.364 e. The average molecular weight is 436 g/mol. The van der Waals surface area contributed by atoms with Gasteiger partial charge >= 0.3 is 11.9 Å². The fraction of sp³-hybridized carbons (Fsp3) is 0.625. The molecule has 2 N–H and O–H groups in total. The van der Waals surface area contributed by atoms with E-state index >= 15 is 0 Å². The van der Waals surface area contributed by atoms with E-state index in [0.29, 0.717) is 0 Å². The van der Waals surface area contributed by atoms with Crippen molar-refractivity contribution in [3.8, 4) is 0 Å². The molecule has 1 atom stereocenters. The van der Waals surface area contributed by atoms with Crippen molar-refractivity contribution in [2.24, 2.45) is 5.16 Å². The van der Waals surface area contributed by atoms with Crippen molar-refractivity contribution in [2.75, 3.05) is 12.0 Å². The minimum Gasteiger partial charge on any atom is -0.457 e. The van der Waals surface area contributed by atoms with E-state index in [0.717, 1.165) is 17.6 Å². The highest BCUT2D eigenvalue weighted by molar-refractivity contribution is 7.91. The molecule has 1 aromatic heterocycles. The van der Waals surface area contributed by atoms with Crippen LogP contribution in [0.3, 0.4) is 0 Å². The Morgan fingerprint density at radius 3 is 2.25 bits per heavy atom. The molecule has 1 unspecified atom stereocenters. The van der Waals surface area contributed by atoms with Gasteiger partial charge in [0.15, 0.2) is 20.4 Å². The monoisotopic (exact) mass is 435 g/mol. The third kappa shape index (κ3) is 7.08. The Hall–Kier alpha value is -2.21. The van der Waals surface area contributed by atoms with Crippen molar-refractivity contribution in [3.63, 3.8) is 0 Å². The maximum atomic E-state index is 12.4. The molecule has 0 spiro atoms. The summed E-state index contributed by atoms with van der Waals surface area (Å²) >= 11 is 1.03. The number of ether oxygens (including phenoxy) is 2. The largest absolute Gasteiger partial charge is 0.457 e. The molecule has 1 heterocycles. The van der Waals surface area contributed by atoms with Gasteiger partial charge in [-0.3, -0.25) is 0 Å². The van der Waals surface area contributed by atoms with Crippen LogP contribution in [0.1, 0.15) is 47.2 Å². The highest BCUT2D eigenvalue weighted by Crippen LogP contribution is 2.20. The van der Waals surface area contributed by atoms with E-state index in [2.05, 4.69) is 10.1 Å². The fourth-order valence-corrected chi connectivity index (χ4v) is 2.29. The summed E-state index contributed by atoms with van der Waals surface area (Å²) in [6.45, 7) is 9.09. The number of rotatable bonds is 7. The van der Waals surface area contributed by atoms with Crippen molar-refractivity contribution in [1.29, 1.82) is 0 Å². The van der Waals surface area contributed by atoms with Crippen LogP contribution in [0.15, 0.2) is 10.5 Å². The highest BCUT2D eigenvalue weighted by Gasteiger charge is 2.36. The molecule has 0 aromatic carbocycles. The Morgan fingerprint density at radius 2 is 1.82 bits per heavy atom. The highest BCUT2D eigenvalue weighted by atomic mass is 32.2. The first kappa shape index (κ1) is 23.8. The van der Waals surface area contributed by atoms with Crippen LogP contribution < -0.4 is 5.73 Å². The third-order valence-corrected chi connectivity index (χ3v) is 5.07. The third-order valence-electron chi connectivity index (χ3n) is 3.09. The predicted octanol–water partition coefficient (Wildman–Crippen LogP) is 1.50. The van der Waals surface area contributed by atoms with Gasteiger partial charge in [-0.05, 0) is 41.5 Å². The molecule has 0 bridgehead atoms. The molecule has 158 valence electrons. The van der Waals surface area contributed by atoms with Gasteiger partial charge in [-0.15, -0.1) is 11.3 Å². The van der Waals surface area contributed by atoms with Crippen molar-refractivity contribution >= 4 is 44.0 Å². The van der Waals surface area contributed by atoms with E-state index in [1.165, 1.54) is 26.2 Å². The number of thiazole rings is 1. The standard InChI is InChI=1S/C16H25N3O7S2/c1-9(28(7,22)23)24-12(20)11(10-8-27-14(17)18-10)19-26-16(5,6)13(21)25-15(2,3)4/h8-9H,1-7H3,(H2,17,18). The average Bonchev–Trinajstić information content (AvgIpc) is 2.90. The number of nitrogens with zero attached hydrogens (tertiary/aromatic N) is 2. The quantitative estimate of drug-likeness (QED) is 0.382. The van der Waals surface area contributed by atoms with Crippen LogP contribution in [-0.4, -0.2) is 53.9 Å². The second kappa shape index (κ2) is 8.43. The van der Waals surface area contributed by atoms with Crippen LogP contribution in [0.2, 0.25) is 0 Å². The van der Waals surface area contributed by atoms with Crippen molar-refractivity contribution in [2.45, 2.75) is 58.2 Å². The number of hydrogen-bond acceptors (Lipinski definition) is 11. The maximum Gasteiger partial charge on any atom is 0.364 e. The lowest BCUT2D eigenvalue weighted by Gasteiger charge is -2.26. The molecule has 10 nitrogen and oxygen atoms in total. The molecule has 0 amide bonds. The van der Waals surface area contributed by atoms with Gasteiger partial charge in [0, 0.05) is 11.6 Å². The first-order valence-electron chi connectivity index (χ1n) is 8.14. The number of anilines is 1. The number of aromatic nitrogens is 1. The van der Waals surface area contributed by atoms with Gasteiger partial charge < -0.3 is 20.0 Å². The lowest BCUT2D eigenvalue weighted by Crippen LogP contribution is -2.40. The number of oxime groups is 1. The molecule has 1 rings (SSSR count). The van der Waals surface area contributed by atoms with Crippen LogP contribution in [0.4, 0.5) is 5.13 Å². The number of nitrogen functional groups attached to an aromatic ring is 1. The zero-order valence-electron chi connectivity index (χ0n) is 16.8. The molecule has 12 heteroatoms. The summed E-state index contributed by atoms with van der Waals surface area (Å²) in [5, 5.41) is 5.27. The Morgan fingerprint density at radius 1 is 1.25 bits per heavy atom.